The van der Waals surface area contributed by atoms with Crippen LogP contribution < -0.4 is 0 Å². The predicted octanol–water partition coefficient (Wildman–Crippen LogP) is 2.53. The van der Waals surface area contributed by atoms with Crippen molar-refractivity contribution in [2.75, 3.05) is 19.6 Å². The topological polar surface area (TPSA) is 81.0 Å². The van der Waals surface area contributed by atoms with Crippen LogP contribution in [0.2, 0.25) is 6.32 Å². The van der Waals surface area contributed by atoms with Crippen molar-refractivity contribution in [1.82, 2.24) is 4.90 Å². The number of aryl methyl sites for hydroxylation is 1. The number of carbonyl (C=O) groups is 1. The summed E-state index contributed by atoms with van der Waals surface area (Å²) in [6, 6.07) is 10.5. The molecule has 1 saturated heterocycles. The molecular formula is C19H32BNO4. The Labute approximate surface area is 151 Å². The van der Waals surface area contributed by atoms with E-state index in [4.69, 9.17) is 15.2 Å². The van der Waals surface area contributed by atoms with Gasteiger partial charge >= 0.3 is 13.1 Å². The molecule has 1 aliphatic heterocycles. The molecule has 0 amide bonds. The van der Waals surface area contributed by atoms with E-state index in [1.54, 1.807) is 0 Å². The molecular weight excluding hydrogens is 317 g/mol. The number of aliphatic carboxylic acids is 1. The number of rotatable bonds is 8. The zero-order valence-electron chi connectivity index (χ0n) is 15.5. The summed E-state index contributed by atoms with van der Waals surface area (Å²) in [4.78, 5) is 13.3. The summed E-state index contributed by atoms with van der Waals surface area (Å²) in [5.74, 6) is -0.867. The number of benzene rings is 1. The van der Waals surface area contributed by atoms with Gasteiger partial charge in [-0.2, -0.15) is 0 Å². The van der Waals surface area contributed by atoms with Crippen LogP contribution in [0.3, 0.4) is 0 Å². The van der Waals surface area contributed by atoms with Crippen LogP contribution in [-0.4, -0.2) is 52.8 Å². The first-order valence-corrected chi connectivity index (χ1v) is 9.33. The van der Waals surface area contributed by atoms with Gasteiger partial charge in [0.15, 0.2) is 0 Å². The summed E-state index contributed by atoms with van der Waals surface area (Å²) in [7, 11) is -1.27. The van der Waals surface area contributed by atoms with Crippen LogP contribution in [0.5, 0.6) is 0 Å². The maximum absolute atomic E-state index is 11.1. The molecule has 2 atom stereocenters. The van der Waals surface area contributed by atoms with Gasteiger partial charge in [-0.05, 0) is 43.6 Å². The average Bonchev–Trinajstić information content (AvgIpc) is 2.99. The van der Waals surface area contributed by atoms with Crippen LogP contribution in [0.15, 0.2) is 30.3 Å². The van der Waals surface area contributed by atoms with Crippen LogP contribution in [0.1, 0.15) is 38.7 Å². The van der Waals surface area contributed by atoms with E-state index in [9.17, 15) is 4.79 Å². The highest BCUT2D eigenvalue weighted by Gasteiger charge is 2.36. The summed E-state index contributed by atoms with van der Waals surface area (Å²) < 4.78 is 0. The maximum Gasteiger partial charge on any atom is 0.451 e. The van der Waals surface area contributed by atoms with Gasteiger partial charge in [-0.1, -0.05) is 50.6 Å². The van der Waals surface area contributed by atoms with Gasteiger partial charge in [0, 0.05) is 13.1 Å². The van der Waals surface area contributed by atoms with E-state index < -0.39 is 13.1 Å². The molecule has 140 valence electrons. The summed E-state index contributed by atoms with van der Waals surface area (Å²) in [5.41, 5.74) is 1.41. The van der Waals surface area contributed by atoms with Crippen molar-refractivity contribution in [3.8, 4) is 0 Å². The molecule has 1 aliphatic rings. The number of hydrogen-bond acceptors (Lipinski definition) is 4. The van der Waals surface area contributed by atoms with Gasteiger partial charge in [0.05, 0.1) is 5.92 Å². The highest BCUT2D eigenvalue weighted by molar-refractivity contribution is 6.40. The molecule has 2 unspecified atom stereocenters. The number of nitrogens with zero attached hydrogens (tertiary/aromatic N) is 1. The second kappa shape index (κ2) is 12.1. The third kappa shape index (κ3) is 8.52. The summed E-state index contributed by atoms with van der Waals surface area (Å²) in [6.45, 7) is 6.66. The van der Waals surface area contributed by atoms with E-state index in [0.29, 0.717) is 19.3 Å². The van der Waals surface area contributed by atoms with E-state index in [2.05, 4.69) is 43.0 Å². The van der Waals surface area contributed by atoms with Crippen molar-refractivity contribution in [1.29, 1.82) is 0 Å². The van der Waals surface area contributed by atoms with Crippen molar-refractivity contribution >= 4 is 13.1 Å². The molecule has 6 heteroatoms. The molecule has 0 aliphatic carbocycles. The van der Waals surface area contributed by atoms with E-state index in [1.165, 1.54) is 5.56 Å². The molecule has 1 fully saturated rings. The molecule has 5 nitrogen and oxygen atoms in total. The predicted molar refractivity (Wildman–Crippen MR) is 101 cm³/mol. The number of carboxylic acids is 1. The van der Waals surface area contributed by atoms with Gasteiger partial charge in [-0.25, -0.2) is 0 Å². The minimum atomic E-state index is -1.27. The Balaban J connectivity index is 0.000000324. The Morgan fingerprint density at radius 2 is 1.88 bits per heavy atom. The fraction of sp³-hybridized carbons (Fsp3) is 0.632. The van der Waals surface area contributed by atoms with Gasteiger partial charge in [-0.15, -0.1) is 0 Å². The SMILES string of the molecule is CCCN1CC(CCCB(O)O)C(C(=O)O)C1.CCc1ccccc1. The Bertz CT molecular complexity index is 484. The first kappa shape index (κ1) is 21.7. The van der Waals surface area contributed by atoms with E-state index >= 15 is 0 Å². The first-order valence-electron chi connectivity index (χ1n) is 9.33. The van der Waals surface area contributed by atoms with Crippen molar-refractivity contribution in [3.05, 3.63) is 35.9 Å². The molecule has 0 spiro atoms. The van der Waals surface area contributed by atoms with E-state index in [0.717, 1.165) is 32.4 Å². The zero-order valence-corrected chi connectivity index (χ0v) is 15.5. The van der Waals surface area contributed by atoms with Gasteiger partial charge in [0.1, 0.15) is 0 Å². The molecule has 0 saturated carbocycles. The van der Waals surface area contributed by atoms with E-state index in [-0.39, 0.29) is 11.8 Å². The Kier molecular flexibility index (Phi) is 10.5. The first-order chi connectivity index (χ1) is 12.0. The maximum atomic E-state index is 11.1. The Hall–Kier alpha value is -1.37. The van der Waals surface area contributed by atoms with Crippen molar-refractivity contribution in [3.63, 3.8) is 0 Å². The van der Waals surface area contributed by atoms with E-state index in [1.807, 2.05) is 6.07 Å². The smallest absolute Gasteiger partial charge is 0.451 e. The molecule has 1 aromatic carbocycles. The Morgan fingerprint density at radius 3 is 2.36 bits per heavy atom. The molecule has 0 bridgehead atoms. The van der Waals surface area contributed by atoms with Crippen LogP contribution in [0.25, 0.3) is 0 Å². The molecule has 0 radical (unpaired) electrons. The molecule has 25 heavy (non-hydrogen) atoms. The minimum Gasteiger partial charge on any atom is -0.481 e. The van der Waals surface area contributed by atoms with Gasteiger partial charge in [-0.3, -0.25) is 4.79 Å². The molecule has 3 N–H and O–H groups in total. The molecule has 0 aromatic heterocycles. The largest absolute Gasteiger partial charge is 0.481 e. The number of likely N-dealkylation sites (tertiary alicyclic amines) is 1. The lowest BCUT2D eigenvalue weighted by atomic mass is 9.80. The highest BCUT2D eigenvalue weighted by Crippen LogP contribution is 2.28. The monoisotopic (exact) mass is 349 g/mol. The van der Waals surface area contributed by atoms with Crippen LogP contribution >= 0.6 is 0 Å². The highest BCUT2D eigenvalue weighted by atomic mass is 16.4. The summed E-state index contributed by atoms with van der Waals surface area (Å²) >= 11 is 0. The average molecular weight is 349 g/mol. The molecule has 1 aromatic rings. The van der Waals surface area contributed by atoms with Crippen molar-refractivity contribution in [2.45, 2.75) is 45.9 Å². The lowest BCUT2D eigenvalue weighted by Gasteiger charge is -2.14. The van der Waals surface area contributed by atoms with Gasteiger partial charge < -0.3 is 20.1 Å². The Morgan fingerprint density at radius 1 is 1.20 bits per heavy atom. The molecule has 2 rings (SSSR count). The third-order valence-electron chi connectivity index (χ3n) is 4.66. The van der Waals surface area contributed by atoms with Crippen LogP contribution in [-0.2, 0) is 11.2 Å². The van der Waals surface area contributed by atoms with Crippen molar-refractivity contribution < 1.29 is 19.9 Å². The van der Waals surface area contributed by atoms with Gasteiger partial charge in [0.2, 0.25) is 0 Å². The fourth-order valence-electron chi connectivity index (χ4n) is 3.31. The second-order valence-electron chi connectivity index (χ2n) is 6.72. The minimum absolute atomic E-state index is 0.151. The second-order valence-corrected chi connectivity index (χ2v) is 6.72. The lowest BCUT2D eigenvalue weighted by molar-refractivity contribution is -0.142. The number of hydrogen-bond donors (Lipinski definition) is 3. The lowest BCUT2D eigenvalue weighted by Crippen LogP contribution is -2.24. The van der Waals surface area contributed by atoms with Crippen LogP contribution in [0, 0.1) is 11.8 Å². The third-order valence-corrected chi connectivity index (χ3v) is 4.66. The summed E-state index contributed by atoms with van der Waals surface area (Å²) in [5, 5.41) is 26.7. The standard InChI is InChI=1S/C11H22BNO4.C8H10/c1-2-6-13-7-9(4-3-5-12(16)17)10(8-13)11(14)15;1-2-8-6-4-3-5-7-8/h9-10,16-17H,2-8H2,1H3,(H,14,15);3-7H,2H2,1H3. The van der Waals surface area contributed by atoms with Gasteiger partial charge in [0.25, 0.3) is 0 Å². The molecule has 1 heterocycles. The quantitative estimate of drug-likeness (QED) is 0.629. The van der Waals surface area contributed by atoms with Crippen LogP contribution in [0.4, 0.5) is 0 Å². The zero-order chi connectivity index (χ0) is 18.7. The van der Waals surface area contributed by atoms with Crippen molar-refractivity contribution in [2.24, 2.45) is 11.8 Å². The number of carboxylic acid groups (broad SMARTS) is 1. The normalized spacial score (nSPS) is 20.0. The summed E-state index contributed by atoms with van der Waals surface area (Å²) in [6.07, 6.45) is 3.94. The fourth-order valence-corrected chi connectivity index (χ4v) is 3.31.